The molecule has 0 amide bonds. The largest absolute Gasteiger partial charge is 0.294 e. The van der Waals surface area contributed by atoms with Crippen molar-refractivity contribution in [3.63, 3.8) is 0 Å². The van der Waals surface area contributed by atoms with Gasteiger partial charge in [0, 0.05) is 0 Å². The van der Waals surface area contributed by atoms with Crippen molar-refractivity contribution in [2.45, 2.75) is 4.90 Å². The molecule has 3 nitrogen and oxygen atoms in total. The molecular weight excluding hydrogens is 272 g/mol. The molecule has 0 radical (unpaired) electrons. The molecule has 0 aromatic heterocycles. The first-order valence-corrected chi connectivity index (χ1v) is 7.55. The first-order chi connectivity index (χ1) is 9.54. The van der Waals surface area contributed by atoms with Crippen molar-refractivity contribution in [3.05, 3.63) is 66.7 Å². The Bertz CT molecular complexity index is 883. The Morgan fingerprint density at radius 3 is 2.15 bits per heavy atom. The SMILES string of the molecule is O=S(=O)(O)c1cccc(-c2ccc3ccccc3c2)c1. The smallest absolute Gasteiger partial charge is 0.282 e. The summed E-state index contributed by atoms with van der Waals surface area (Å²) >= 11 is 0. The van der Waals surface area contributed by atoms with E-state index in [9.17, 15) is 8.42 Å². The summed E-state index contributed by atoms with van der Waals surface area (Å²) in [6.07, 6.45) is 0. The van der Waals surface area contributed by atoms with E-state index in [2.05, 4.69) is 0 Å². The van der Waals surface area contributed by atoms with Crippen LogP contribution in [0.25, 0.3) is 21.9 Å². The van der Waals surface area contributed by atoms with Gasteiger partial charge < -0.3 is 0 Å². The minimum atomic E-state index is -4.18. The molecule has 1 N–H and O–H groups in total. The minimum Gasteiger partial charge on any atom is -0.282 e. The van der Waals surface area contributed by atoms with Gasteiger partial charge in [-0.1, -0.05) is 48.5 Å². The Hall–Kier alpha value is -2.17. The van der Waals surface area contributed by atoms with Crippen LogP contribution >= 0.6 is 0 Å². The lowest BCUT2D eigenvalue weighted by atomic mass is 10.0. The number of hydrogen-bond donors (Lipinski definition) is 1. The van der Waals surface area contributed by atoms with Crippen LogP contribution in [-0.2, 0) is 10.1 Å². The first kappa shape index (κ1) is 12.8. The van der Waals surface area contributed by atoms with Crippen LogP contribution in [0.3, 0.4) is 0 Å². The molecule has 20 heavy (non-hydrogen) atoms. The predicted molar refractivity (Wildman–Crippen MR) is 79.2 cm³/mol. The standard InChI is InChI=1S/C16H12O3S/c17-20(18,19)16-7-3-6-14(11-16)15-9-8-12-4-1-2-5-13(12)10-15/h1-11H,(H,17,18,19). The Morgan fingerprint density at radius 1 is 0.700 bits per heavy atom. The highest BCUT2D eigenvalue weighted by molar-refractivity contribution is 7.85. The van der Waals surface area contributed by atoms with Crippen molar-refractivity contribution in [1.29, 1.82) is 0 Å². The average Bonchev–Trinajstić information content (AvgIpc) is 2.46. The predicted octanol–water partition coefficient (Wildman–Crippen LogP) is 3.75. The maximum atomic E-state index is 11.2. The Kier molecular flexibility index (Phi) is 3.04. The highest BCUT2D eigenvalue weighted by atomic mass is 32.2. The molecule has 0 aliphatic carbocycles. The van der Waals surface area contributed by atoms with Gasteiger partial charge in [0.05, 0.1) is 4.90 Å². The number of fused-ring (bicyclic) bond motifs is 1. The lowest BCUT2D eigenvalue weighted by Crippen LogP contribution is -1.97. The molecule has 3 aromatic rings. The fourth-order valence-corrected chi connectivity index (χ4v) is 2.73. The maximum absolute atomic E-state index is 11.2. The third-order valence-electron chi connectivity index (χ3n) is 3.21. The van der Waals surface area contributed by atoms with E-state index >= 15 is 0 Å². The molecule has 3 rings (SSSR count). The molecule has 0 spiro atoms. The topological polar surface area (TPSA) is 54.4 Å². The molecule has 0 heterocycles. The summed E-state index contributed by atoms with van der Waals surface area (Å²) in [5.41, 5.74) is 1.67. The van der Waals surface area contributed by atoms with Gasteiger partial charge in [-0.05, 0) is 40.1 Å². The van der Waals surface area contributed by atoms with Gasteiger partial charge in [0.1, 0.15) is 0 Å². The van der Waals surface area contributed by atoms with E-state index in [0.29, 0.717) is 0 Å². The summed E-state index contributed by atoms with van der Waals surface area (Å²) in [5.74, 6) is 0. The zero-order chi connectivity index (χ0) is 14.2. The van der Waals surface area contributed by atoms with Crippen LogP contribution in [0.15, 0.2) is 71.6 Å². The normalized spacial score (nSPS) is 11.7. The van der Waals surface area contributed by atoms with Gasteiger partial charge in [-0.3, -0.25) is 4.55 Å². The van der Waals surface area contributed by atoms with E-state index in [4.69, 9.17) is 4.55 Å². The molecule has 0 saturated carbocycles. The molecule has 0 bridgehead atoms. The Balaban J connectivity index is 2.16. The lowest BCUT2D eigenvalue weighted by molar-refractivity contribution is 0.483. The molecule has 0 fully saturated rings. The zero-order valence-corrected chi connectivity index (χ0v) is 11.3. The molecule has 0 unspecified atom stereocenters. The quantitative estimate of drug-likeness (QED) is 0.729. The average molecular weight is 284 g/mol. The summed E-state index contributed by atoms with van der Waals surface area (Å²) in [6.45, 7) is 0. The molecule has 0 aliphatic heterocycles. The van der Waals surface area contributed by atoms with Crippen molar-refractivity contribution in [1.82, 2.24) is 0 Å². The monoisotopic (exact) mass is 284 g/mol. The minimum absolute atomic E-state index is 0.0943. The summed E-state index contributed by atoms with van der Waals surface area (Å²) in [6, 6.07) is 20.2. The van der Waals surface area contributed by atoms with Gasteiger partial charge in [-0.15, -0.1) is 0 Å². The van der Waals surface area contributed by atoms with E-state index in [1.165, 1.54) is 12.1 Å². The second-order valence-corrected chi connectivity index (χ2v) is 5.99. The highest BCUT2D eigenvalue weighted by Crippen LogP contribution is 2.26. The van der Waals surface area contributed by atoms with E-state index in [1.54, 1.807) is 6.07 Å². The molecule has 3 aromatic carbocycles. The van der Waals surface area contributed by atoms with Crippen LogP contribution in [0.4, 0.5) is 0 Å². The van der Waals surface area contributed by atoms with Crippen molar-refractivity contribution in [2.75, 3.05) is 0 Å². The van der Waals surface area contributed by atoms with Gasteiger partial charge in [0.25, 0.3) is 10.1 Å². The summed E-state index contributed by atoms with van der Waals surface area (Å²) in [5, 5.41) is 2.21. The Morgan fingerprint density at radius 2 is 1.40 bits per heavy atom. The van der Waals surface area contributed by atoms with Crippen LogP contribution in [0.5, 0.6) is 0 Å². The molecule has 4 heteroatoms. The number of hydrogen-bond acceptors (Lipinski definition) is 2. The van der Waals surface area contributed by atoms with Gasteiger partial charge in [0.2, 0.25) is 0 Å². The number of rotatable bonds is 2. The zero-order valence-electron chi connectivity index (χ0n) is 10.5. The van der Waals surface area contributed by atoms with Crippen LogP contribution in [-0.4, -0.2) is 13.0 Å². The second kappa shape index (κ2) is 4.74. The van der Waals surface area contributed by atoms with Crippen LogP contribution in [0.1, 0.15) is 0 Å². The van der Waals surface area contributed by atoms with Crippen LogP contribution < -0.4 is 0 Å². The fourth-order valence-electron chi connectivity index (χ4n) is 2.20. The third-order valence-corrected chi connectivity index (χ3v) is 4.06. The maximum Gasteiger partial charge on any atom is 0.294 e. The van der Waals surface area contributed by atoms with Gasteiger partial charge in [-0.2, -0.15) is 8.42 Å². The summed E-state index contributed by atoms with van der Waals surface area (Å²) < 4.78 is 31.5. The molecule has 0 atom stereocenters. The van der Waals surface area contributed by atoms with E-state index < -0.39 is 10.1 Å². The molecule has 100 valence electrons. The van der Waals surface area contributed by atoms with E-state index in [0.717, 1.165) is 21.9 Å². The van der Waals surface area contributed by atoms with Gasteiger partial charge >= 0.3 is 0 Å². The van der Waals surface area contributed by atoms with Crippen molar-refractivity contribution in [3.8, 4) is 11.1 Å². The Labute approximate surface area is 117 Å². The van der Waals surface area contributed by atoms with Crippen molar-refractivity contribution in [2.24, 2.45) is 0 Å². The van der Waals surface area contributed by atoms with Crippen molar-refractivity contribution >= 4 is 20.9 Å². The van der Waals surface area contributed by atoms with E-state index in [-0.39, 0.29) is 4.90 Å². The molecule has 0 aliphatic rings. The summed E-state index contributed by atoms with van der Waals surface area (Å²) in [7, 11) is -4.18. The lowest BCUT2D eigenvalue weighted by Gasteiger charge is -2.05. The van der Waals surface area contributed by atoms with Gasteiger partial charge in [0.15, 0.2) is 0 Å². The van der Waals surface area contributed by atoms with Gasteiger partial charge in [-0.25, -0.2) is 0 Å². The summed E-state index contributed by atoms with van der Waals surface area (Å²) in [4.78, 5) is -0.0943. The fraction of sp³-hybridized carbons (Fsp3) is 0. The molecular formula is C16H12O3S. The first-order valence-electron chi connectivity index (χ1n) is 6.11. The second-order valence-electron chi connectivity index (χ2n) is 4.56. The number of benzene rings is 3. The molecule has 0 saturated heterocycles. The third kappa shape index (κ3) is 2.43. The van der Waals surface area contributed by atoms with E-state index in [1.807, 2.05) is 48.5 Å². The van der Waals surface area contributed by atoms with Crippen molar-refractivity contribution < 1.29 is 13.0 Å². The highest BCUT2D eigenvalue weighted by Gasteiger charge is 2.10. The van der Waals surface area contributed by atoms with Crippen LogP contribution in [0, 0.1) is 0 Å². The van der Waals surface area contributed by atoms with Crippen LogP contribution in [0.2, 0.25) is 0 Å².